The van der Waals surface area contributed by atoms with Gasteiger partial charge < -0.3 is 19.9 Å². The first-order chi connectivity index (χ1) is 15.9. The highest BCUT2D eigenvalue weighted by atomic mass is 32.2. The van der Waals surface area contributed by atoms with Crippen LogP contribution in [0.4, 0.5) is 5.69 Å². The molecule has 2 aromatic rings. The summed E-state index contributed by atoms with van der Waals surface area (Å²) in [5, 5.41) is 5.62. The lowest BCUT2D eigenvalue weighted by molar-refractivity contribution is 0.0858. The predicted octanol–water partition coefficient (Wildman–Crippen LogP) is 2.36. The Morgan fingerprint density at radius 3 is 2.58 bits per heavy atom. The summed E-state index contributed by atoms with van der Waals surface area (Å²) in [7, 11) is -2.02. The number of anilines is 1. The third kappa shape index (κ3) is 5.29. The standard InChI is InChI=1S/C23H30N4O5S/c1-26-16-18(33(30,31)27-11-5-2-6-12-27)14-21(26)23(29)25-20-10-4-3-9-19(20)22(28)24-15-17-8-7-13-32-17/h3-4,9-10,14,16-17H,2,5-8,11-13,15H2,1H3,(H,24,28)(H,25,29). The van der Waals surface area contributed by atoms with E-state index < -0.39 is 15.9 Å². The van der Waals surface area contributed by atoms with Gasteiger partial charge in [-0.3, -0.25) is 9.59 Å². The molecule has 33 heavy (non-hydrogen) atoms. The second-order valence-electron chi connectivity index (χ2n) is 8.48. The number of sulfonamides is 1. The van der Waals surface area contributed by atoms with Gasteiger partial charge in [0.25, 0.3) is 11.8 Å². The van der Waals surface area contributed by atoms with E-state index in [-0.39, 0.29) is 22.6 Å². The number of nitrogens with zero attached hydrogens (tertiary/aromatic N) is 2. The zero-order chi connectivity index (χ0) is 23.4. The lowest BCUT2D eigenvalue weighted by Gasteiger charge is -2.25. The second-order valence-corrected chi connectivity index (χ2v) is 10.4. The first-order valence-corrected chi connectivity index (χ1v) is 12.8. The molecule has 2 aliphatic heterocycles. The van der Waals surface area contributed by atoms with Gasteiger partial charge in [0, 0.05) is 39.5 Å². The van der Waals surface area contributed by atoms with E-state index in [1.54, 1.807) is 31.3 Å². The SMILES string of the molecule is Cn1cc(S(=O)(=O)N2CCCCC2)cc1C(=O)Nc1ccccc1C(=O)NCC1CCCO1. The molecule has 0 saturated carbocycles. The first-order valence-electron chi connectivity index (χ1n) is 11.3. The average Bonchev–Trinajstić information content (AvgIpc) is 3.48. The van der Waals surface area contributed by atoms with Crippen LogP contribution in [0.25, 0.3) is 0 Å². The molecule has 0 spiro atoms. The van der Waals surface area contributed by atoms with E-state index in [1.807, 2.05) is 0 Å². The van der Waals surface area contributed by atoms with Crippen LogP contribution in [0.3, 0.4) is 0 Å². The molecule has 10 heteroatoms. The third-order valence-electron chi connectivity index (χ3n) is 6.10. The number of nitrogens with one attached hydrogen (secondary N) is 2. The fourth-order valence-corrected chi connectivity index (χ4v) is 5.83. The van der Waals surface area contributed by atoms with Crippen LogP contribution in [-0.4, -0.2) is 61.4 Å². The van der Waals surface area contributed by atoms with Gasteiger partial charge in [-0.2, -0.15) is 4.31 Å². The Morgan fingerprint density at radius 1 is 1.09 bits per heavy atom. The van der Waals surface area contributed by atoms with Gasteiger partial charge in [0.1, 0.15) is 10.6 Å². The monoisotopic (exact) mass is 474 g/mol. The van der Waals surface area contributed by atoms with Crippen molar-refractivity contribution in [1.82, 2.24) is 14.2 Å². The van der Waals surface area contributed by atoms with Crippen LogP contribution in [0.5, 0.6) is 0 Å². The Balaban J connectivity index is 1.48. The van der Waals surface area contributed by atoms with Crippen LogP contribution in [0.2, 0.25) is 0 Å². The van der Waals surface area contributed by atoms with Crippen molar-refractivity contribution in [2.45, 2.75) is 43.1 Å². The van der Waals surface area contributed by atoms with Crippen molar-refractivity contribution in [2.24, 2.45) is 7.05 Å². The highest BCUT2D eigenvalue weighted by Gasteiger charge is 2.29. The highest BCUT2D eigenvalue weighted by molar-refractivity contribution is 7.89. The van der Waals surface area contributed by atoms with Crippen molar-refractivity contribution in [1.29, 1.82) is 0 Å². The molecular weight excluding hydrogens is 444 g/mol. The van der Waals surface area contributed by atoms with Crippen LogP contribution >= 0.6 is 0 Å². The van der Waals surface area contributed by atoms with E-state index in [9.17, 15) is 18.0 Å². The summed E-state index contributed by atoms with van der Waals surface area (Å²) < 4.78 is 34.5. The van der Waals surface area contributed by atoms with Crippen molar-refractivity contribution in [3.8, 4) is 0 Å². The van der Waals surface area contributed by atoms with Crippen LogP contribution in [0.1, 0.15) is 53.0 Å². The number of aryl methyl sites for hydroxylation is 1. The molecule has 9 nitrogen and oxygen atoms in total. The van der Waals surface area contributed by atoms with Gasteiger partial charge in [-0.05, 0) is 43.9 Å². The fraction of sp³-hybridized carbons (Fsp3) is 0.478. The Bertz CT molecular complexity index is 1120. The topological polar surface area (TPSA) is 110 Å². The smallest absolute Gasteiger partial charge is 0.272 e. The number of hydrogen-bond acceptors (Lipinski definition) is 5. The van der Waals surface area contributed by atoms with Crippen molar-refractivity contribution < 1.29 is 22.7 Å². The molecule has 1 aromatic heterocycles. The van der Waals surface area contributed by atoms with Crippen LogP contribution in [0, 0.1) is 0 Å². The van der Waals surface area contributed by atoms with Crippen molar-refractivity contribution in [3.63, 3.8) is 0 Å². The van der Waals surface area contributed by atoms with E-state index in [0.29, 0.717) is 37.5 Å². The Hall–Kier alpha value is -2.69. The summed E-state index contributed by atoms with van der Waals surface area (Å²) >= 11 is 0. The molecule has 1 atom stereocenters. The molecule has 1 unspecified atom stereocenters. The minimum Gasteiger partial charge on any atom is -0.376 e. The molecule has 178 valence electrons. The molecule has 0 bridgehead atoms. The number of carbonyl (C=O) groups excluding carboxylic acids is 2. The Kier molecular flexibility index (Phi) is 7.16. The largest absolute Gasteiger partial charge is 0.376 e. The summed E-state index contributed by atoms with van der Waals surface area (Å²) in [5.74, 6) is -0.793. The molecule has 0 radical (unpaired) electrons. The Morgan fingerprint density at radius 2 is 1.85 bits per heavy atom. The van der Waals surface area contributed by atoms with Crippen molar-refractivity contribution >= 4 is 27.5 Å². The maximum Gasteiger partial charge on any atom is 0.272 e. The van der Waals surface area contributed by atoms with Gasteiger partial charge in [0.2, 0.25) is 10.0 Å². The fourth-order valence-electron chi connectivity index (χ4n) is 4.24. The van der Waals surface area contributed by atoms with Crippen molar-refractivity contribution in [2.75, 3.05) is 31.6 Å². The number of benzene rings is 1. The minimum atomic E-state index is -3.65. The van der Waals surface area contributed by atoms with E-state index in [2.05, 4.69) is 10.6 Å². The normalized spacial score (nSPS) is 19.4. The number of aromatic nitrogens is 1. The van der Waals surface area contributed by atoms with Gasteiger partial charge >= 0.3 is 0 Å². The second kappa shape index (κ2) is 10.1. The quantitative estimate of drug-likeness (QED) is 0.640. The number of amides is 2. The zero-order valence-electron chi connectivity index (χ0n) is 18.7. The number of carbonyl (C=O) groups is 2. The van der Waals surface area contributed by atoms with E-state index in [4.69, 9.17) is 4.74 Å². The van der Waals surface area contributed by atoms with E-state index in [1.165, 1.54) is 21.1 Å². The van der Waals surface area contributed by atoms with Gasteiger partial charge in [-0.1, -0.05) is 18.6 Å². The Labute approximate surface area is 194 Å². The summed E-state index contributed by atoms with van der Waals surface area (Å²) in [6, 6.07) is 8.12. The van der Waals surface area contributed by atoms with Crippen LogP contribution < -0.4 is 10.6 Å². The maximum absolute atomic E-state index is 13.0. The molecule has 2 aliphatic rings. The predicted molar refractivity (Wildman–Crippen MR) is 124 cm³/mol. The van der Waals surface area contributed by atoms with Gasteiger partial charge in [0.15, 0.2) is 0 Å². The molecule has 2 N–H and O–H groups in total. The van der Waals surface area contributed by atoms with Crippen molar-refractivity contribution in [3.05, 3.63) is 47.8 Å². The van der Waals surface area contributed by atoms with Gasteiger partial charge in [0.05, 0.1) is 17.4 Å². The molecule has 2 fully saturated rings. The summed E-state index contributed by atoms with van der Waals surface area (Å²) in [6.45, 7) is 2.11. The average molecular weight is 475 g/mol. The number of piperidine rings is 1. The minimum absolute atomic E-state index is 0.0133. The lowest BCUT2D eigenvalue weighted by Crippen LogP contribution is -2.35. The van der Waals surface area contributed by atoms with E-state index in [0.717, 1.165) is 32.1 Å². The zero-order valence-corrected chi connectivity index (χ0v) is 19.6. The maximum atomic E-state index is 13.0. The van der Waals surface area contributed by atoms with Crippen LogP contribution in [-0.2, 0) is 21.8 Å². The molecule has 4 rings (SSSR count). The van der Waals surface area contributed by atoms with Crippen LogP contribution in [0.15, 0.2) is 41.4 Å². The number of ether oxygens (including phenoxy) is 1. The van der Waals surface area contributed by atoms with Gasteiger partial charge in [-0.25, -0.2) is 8.42 Å². The molecule has 1 aromatic carbocycles. The lowest BCUT2D eigenvalue weighted by atomic mass is 10.1. The first kappa shape index (κ1) is 23.5. The number of rotatable bonds is 7. The third-order valence-corrected chi connectivity index (χ3v) is 7.96. The van der Waals surface area contributed by atoms with Gasteiger partial charge in [-0.15, -0.1) is 0 Å². The van der Waals surface area contributed by atoms with E-state index >= 15 is 0 Å². The molecular formula is C23H30N4O5S. The molecule has 2 saturated heterocycles. The number of hydrogen-bond donors (Lipinski definition) is 2. The summed E-state index contributed by atoms with van der Waals surface area (Å²) in [6.07, 6.45) is 6.07. The highest BCUT2D eigenvalue weighted by Crippen LogP contribution is 2.23. The molecule has 0 aliphatic carbocycles. The summed E-state index contributed by atoms with van der Waals surface area (Å²) in [5.41, 5.74) is 0.883. The molecule has 2 amide bonds. The summed E-state index contributed by atoms with van der Waals surface area (Å²) in [4.78, 5) is 25.8. The molecule has 3 heterocycles. The number of para-hydroxylation sites is 1.